The number of hydrogen-bond acceptors (Lipinski definition) is 2. The van der Waals surface area contributed by atoms with Crippen LogP contribution in [0.1, 0.15) is 26.3 Å². The third-order valence-electron chi connectivity index (χ3n) is 1.62. The second-order valence-corrected chi connectivity index (χ2v) is 2.39. The molecule has 0 saturated heterocycles. The van der Waals surface area contributed by atoms with E-state index in [9.17, 15) is 14.5 Å². The number of non-ortho nitro benzene ring substituents is 1. The predicted molar refractivity (Wildman–Crippen MR) is 53.8 cm³/mol. The van der Waals surface area contributed by atoms with Gasteiger partial charge in [-0.15, -0.1) is 0 Å². The number of benzene rings is 1. The second-order valence-electron chi connectivity index (χ2n) is 2.39. The molecule has 0 atom stereocenters. The van der Waals surface area contributed by atoms with Gasteiger partial charge in [0, 0.05) is 12.1 Å². The summed E-state index contributed by atoms with van der Waals surface area (Å²) < 4.78 is 12.8. The van der Waals surface area contributed by atoms with Gasteiger partial charge in [0.05, 0.1) is 4.92 Å². The molecular formula is C10H14FNO2. The highest BCUT2D eigenvalue weighted by molar-refractivity contribution is 5.35. The molecule has 3 nitrogen and oxygen atoms in total. The Morgan fingerprint density at radius 3 is 2.43 bits per heavy atom. The maximum atomic E-state index is 12.8. The van der Waals surface area contributed by atoms with E-state index in [0.29, 0.717) is 12.0 Å². The zero-order valence-corrected chi connectivity index (χ0v) is 8.58. The van der Waals surface area contributed by atoms with Gasteiger partial charge in [0.1, 0.15) is 5.82 Å². The molecule has 0 saturated carbocycles. The van der Waals surface area contributed by atoms with Gasteiger partial charge >= 0.3 is 0 Å². The van der Waals surface area contributed by atoms with E-state index >= 15 is 0 Å². The smallest absolute Gasteiger partial charge is 0.258 e. The summed E-state index contributed by atoms with van der Waals surface area (Å²) in [7, 11) is 0. The molecule has 4 heteroatoms. The van der Waals surface area contributed by atoms with Crippen LogP contribution in [0, 0.1) is 15.9 Å². The van der Waals surface area contributed by atoms with Crippen molar-refractivity contribution < 1.29 is 9.31 Å². The number of rotatable bonds is 2. The Hall–Kier alpha value is -1.45. The molecule has 0 unspecified atom stereocenters. The van der Waals surface area contributed by atoms with Crippen LogP contribution in [0.2, 0.25) is 0 Å². The van der Waals surface area contributed by atoms with Crippen molar-refractivity contribution in [2.45, 2.75) is 27.2 Å². The summed E-state index contributed by atoms with van der Waals surface area (Å²) in [4.78, 5) is 9.73. The van der Waals surface area contributed by atoms with Crippen LogP contribution in [0.3, 0.4) is 0 Å². The number of nitro benzene ring substituents is 1. The molecule has 1 aromatic carbocycles. The van der Waals surface area contributed by atoms with E-state index in [1.54, 1.807) is 6.92 Å². The minimum absolute atomic E-state index is 0.0618. The molecule has 0 spiro atoms. The third kappa shape index (κ3) is 3.12. The Balaban J connectivity index is 0.000000791. The van der Waals surface area contributed by atoms with Gasteiger partial charge in [-0.1, -0.05) is 20.8 Å². The molecule has 0 N–H and O–H groups in total. The normalized spacial score (nSPS) is 8.86. The van der Waals surface area contributed by atoms with Crippen LogP contribution in [0.5, 0.6) is 0 Å². The Kier molecular flexibility index (Phi) is 5.44. The fourth-order valence-electron chi connectivity index (χ4n) is 0.946. The highest BCUT2D eigenvalue weighted by Gasteiger charge is 2.08. The summed E-state index contributed by atoms with van der Waals surface area (Å²) in [6.07, 6.45) is 0.466. The van der Waals surface area contributed by atoms with Crippen LogP contribution >= 0.6 is 0 Å². The van der Waals surface area contributed by atoms with Crippen LogP contribution in [0.15, 0.2) is 18.2 Å². The molecule has 0 amide bonds. The van der Waals surface area contributed by atoms with Gasteiger partial charge in [-0.25, -0.2) is 4.39 Å². The quantitative estimate of drug-likeness (QED) is 0.541. The van der Waals surface area contributed by atoms with Gasteiger partial charge in [0.15, 0.2) is 0 Å². The van der Waals surface area contributed by atoms with E-state index in [0.717, 1.165) is 12.1 Å². The molecule has 0 radical (unpaired) electrons. The first-order chi connectivity index (χ1) is 6.65. The van der Waals surface area contributed by atoms with Crippen molar-refractivity contribution in [1.82, 2.24) is 0 Å². The molecule has 1 aromatic rings. The Labute approximate surface area is 82.7 Å². The van der Waals surface area contributed by atoms with Crippen LogP contribution < -0.4 is 0 Å². The van der Waals surface area contributed by atoms with Gasteiger partial charge in [-0.2, -0.15) is 0 Å². The molecule has 0 aliphatic carbocycles. The summed E-state index contributed by atoms with van der Waals surface area (Å²) in [6.45, 7) is 5.75. The average Bonchev–Trinajstić information content (AvgIpc) is 2.21. The lowest BCUT2D eigenvalue weighted by molar-refractivity contribution is -0.385. The van der Waals surface area contributed by atoms with Crippen LogP contribution in [0.4, 0.5) is 10.1 Å². The summed E-state index contributed by atoms with van der Waals surface area (Å²) >= 11 is 0. The minimum Gasteiger partial charge on any atom is -0.258 e. The van der Waals surface area contributed by atoms with Gasteiger partial charge in [-0.05, 0) is 18.1 Å². The minimum atomic E-state index is -0.529. The van der Waals surface area contributed by atoms with E-state index < -0.39 is 4.92 Å². The molecule has 0 bridgehead atoms. The standard InChI is InChI=1S/C8H8FNO2.C2H6/c1-2-6-5-7(10(11)12)3-4-8(6)9;1-2/h3-5H,2H2,1H3;1-2H3. The lowest BCUT2D eigenvalue weighted by atomic mass is 10.1. The first kappa shape index (κ1) is 12.6. The molecular weight excluding hydrogens is 185 g/mol. The van der Waals surface area contributed by atoms with Crippen molar-refractivity contribution in [3.63, 3.8) is 0 Å². The largest absolute Gasteiger partial charge is 0.269 e. The Morgan fingerprint density at radius 2 is 2.00 bits per heavy atom. The van der Waals surface area contributed by atoms with Gasteiger partial charge < -0.3 is 0 Å². The molecule has 0 aliphatic rings. The molecule has 78 valence electrons. The SMILES string of the molecule is CC.CCc1cc([N+](=O)[O-])ccc1F. The number of hydrogen-bond donors (Lipinski definition) is 0. The van der Waals surface area contributed by atoms with E-state index in [-0.39, 0.29) is 11.5 Å². The van der Waals surface area contributed by atoms with Crippen LogP contribution in [-0.4, -0.2) is 4.92 Å². The highest BCUT2D eigenvalue weighted by atomic mass is 19.1. The van der Waals surface area contributed by atoms with Crippen LogP contribution in [-0.2, 0) is 6.42 Å². The molecule has 0 aliphatic heterocycles. The predicted octanol–water partition coefficient (Wildman–Crippen LogP) is 3.32. The summed E-state index contributed by atoms with van der Waals surface area (Å²) in [5.74, 6) is -0.386. The molecule has 14 heavy (non-hydrogen) atoms. The fourth-order valence-corrected chi connectivity index (χ4v) is 0.946. The molecule has 0 fully saturated rings. The third-order valence-corrected chi connectivity index (χ3v) is 1.62. The van der Waals surface area contributed by atoms with Crippen molar-refractivity contribution in [3.8, 4) is 0 Å². The van der Waals surface area contributed by atoms with E-state index in [1.165, 1.54) is 6.07 Å². The van der Waals surface area contributed by atoms with Crippen molar-refractivity contribution in [2.24, 2.45) is 0 Å². The first-order valence-corrected chi connectivity index (χ1v) is 4.58. The first-order valence-electron chi connectivity index (χ1n) is 4.58. The number of aryl methyl sites for hydroxylation is 1. The maximum Gasteiger partial charge on any atom is 0.269 e. The number of nitro groups is 1. The Bertz CT molecular complexity index is 313. The molecule has 1 rings (SSSR count). The van der Waals surface area contributed by atoms with Gasteiger partial charge in [0.25, 0.3) is 5.69 Å². The molecule has 0 heterocycles. The zero-order chi connectivity index (χ0) is 11.1. The molecule has 0 aromatic heterocycles. The number of nitrogens with zero attached hydrogens (tertiary/aromatic N) is 1. The fraction of sp³-hybridized carbons (Fsp3) is 0.400. The van der Waals surface area contributed by atoms with Gasteiger partial charge in [0.2, 0.25) is 0 Å². The lowest BCUT2D eigenvalue weighted by Crippen LogP contribution is -1.92. The van der Waals surface area contributed by atoms with Crippen molar-refractivity contribution in [2.75, 3.05) is 0 Å². The Morgan fingerprint density at radius 1 is 1.43 bits per heavy atom. The second kappa shape index (κ2) is 6.07. The number of halogens is 1. The van der Waals surface area contributed by atoms with Gasteiger partial charge in [-0.3, -0.25) is 10.1 Å². The summed E-state index contributed by atoms with van der Waals surface area (Å²) in [5.41, 5.74) is 0.317. The van der Waals surface area contributed by atoms with Crippen molar-refractivity contribution in [1.29, 1.82) is 0 Å². The summed E-state index contributed by atoms with van der Waals surface area (Å²) in [5, 5.41) is 10.3. The van der Waals surface area contributed by atoms with Crippen LogP contribution in [0.25, 0.3) is 0 Å². The maximum absolute atomic E-state index is 12.8. The summed E-state index contributed by atoms with van der Waals surface area (Å²) in [6, 6.07) is 3.54. The van der Waals surface area contributed by atoms with E-state index in [1.807, 2.05) is 13.8 Å². The van der Waals surface area contributed by atoms with Crippen molar-refractivity contribution >= 4 is 5.69 Å². The van der Waals surface area contributed by atoms with Crippen molar-refractivity contribution in [3.05, 3.63) is 39.7 Å². The lowest BCUT2D eigenvalue weighted by Gasteiger charge is -1.97. The van der Waals surface area contributed by atoms with E-state index in [4.69, 9.17) is 0 Å². The highest BCUT2D eigenvalue weighted by Crippen LogP contribution is 2.16. The zero-order valence-electron chi connectivity index (χ0n) is 8.58. The monoisotopic (exact) mass is 199 g/mol. The average molecular weight is 199 g/mol. The topological polar surface area (TPSA) is 43.1 Å². The van der Waals surface area contributed by atoms with E-state index in [2.05, 4.69) is 0 Å².